The maximum absolute atomic E-state index is 11.8. The van der Waals surface area contributed by atoms with Crippen molar-refractivity contribution >= 4 is 5.97 Å². The van der Waals surface area contributed by atoms with E-state index in [2.05, 4.69) is 32.9 Å². The van der Waals surface area contributed by atoms with E-state index in [1.807, 2.05) is 19.1 Å². The summed E-state index contributed by atoms with van der Waals surface area (Å²) >= 11 is 0. The normalized spacial score (nSPS) is 21.9. The molecule has 1 aliphatic heterocycles. The molecule has 2 rings (SSSR count). The van der Waals surface area contributed by atoms with E-state index in [1.54, 1.807) is 0 Å². The van der Waals surface area contributed by atoms with Crippen LogP contribution in [-0.4, -0.2) is 50.0 Å². The second-order valence-electron chi connectivity index (χ2n) is 8.22. The molecular weight excluding hydrogens is 330 g/mol. The van der Waals surface area contributed by atoms with Crippen LogP contribution in [0.1, 0.15) is 46.1 Å². The second kappa shape index (κ2) is 9.38. The highest BCUT2D eigenvalue weighted by atomic mass is 16.5. The van der Waals surface area contributed by atoms with Gasteiger partial charge in [0.25, 0.3) is 0 Å². The number of nitrogens with one attached hydrogen (secondary N) is 1. The van der Waals surface area contributed by atoms with E-state index in [0.29, 0.717) is 19.8 Å². The molecule has 146 valence electrons. The van der Waals surface area contributed by atoms with Crippen LogP contribution in [0.4, 0.5) is 0 Å². The zero-order valence-electron chi connectivity index (χ0n) is 16.6. The summed E-state index contributed by atoms with van der Waals surface area (Å²) in [6.07, 6.45) is 1.15. The highest BCUT2D eigenvalue weighted by Gasteiger charge is 2.29. The van der Waals surface area contributed by atoms with Gasteiger partial charge >= 0.3 is 5.97 Å². The van der Waals surface area contributed by atoms with Crippen molar-refractivity contribution in [2.75, 3.05) is 32.8 Å². The standard InChI is InChI=1S/C21H33NO4/c1-5-25-20(24)16-10-12-22(13-11-16)14-18(23)15-26-19-8-6-17(7-9-19)21(2,3)4/h6-9,16,18,23H,5,10-15H2,1-4H3/p+1/t18-/m1/s1. The number of esters is 1. The lowest BCUT2D eigenvalue weighted by atomic mass is 9.87. The van der Waals surface area contributed by atoms with Gasteiger partial charge in [0.1, 0.15) is 25.0 Å². The van der Waals surface area contributed by atoms with Crippen LogP contribution >= 0.6 is 0 Å². The molecule has 0 aliphatic carbocycles. The molecule has 0 amide bonds. The lowest BCUT2D eigenvalue weighted by Crippen LogP contribution is -3.14. The molecule has 26 heavy (non-hydrogen) atoms. The van der Waals surface area contributed by atoms with Gasteiger partial charge < -0.3 is 19.5 Å². The molecule has 0 spiro atoms. The van der Waals surface area contributed by atoms with Crippen LogP contribution in [0.15, 0.2) is 24.3 Å². The van der Waals surface area contributed by atoms with Gasteiger partial charge in [0.2, 0.25) is 0 Å². The molecule has 2 N–H and O–H groups in total. The number of aliphatic hydroxyl groups is 1. The molecule has 0 unspecified atom stereocenters. The number of benzene rings is 1. The predicted octanol–water partition coefficient (Wildman–Crippen LogP) is 1.58. The molecule has 1 aromatic carbocycles. The molecule has 1 heterocycles. The quantitative estimate of drug-likeness (QED) is 0.721. The fraction of sp³-hybridized carbons (Fsp3) is 0.667. The molecule has 0 aromatic heterocycles. The van der Waals surface area contributed by atoms with Crippen LogP contribution in [-0.2, 0) is 14.9 Å². The van der Waals surface area contributed by atoms with Crippen LogP contribution in [0.5, 0.6) is 5.75 Å². The van der Waals surface area contributed by atoms with Gasteiger partial charge in [-0.15, -0.1) is 0 Å². The zero-order valence-corrected chi connectivity index (χ0v) is 16.6. The van der Waals surface area contributed by atoms with Crippen molar-refractivity contribution < 1.29 is 24.3 Å². The summed E-state index contributed by atoms with van der Waals surface area (Å²) in [5.41, 5.74) is 1.39. The van der Waals surface area contributed by atoms with Gasteiger partial charge in [-0.3, -0.25) is 4.79 Å². The summed E-state index contributed by atoms with van der Waals surface area (Å²) in [4.78, 5) is 13.1. The number of hydrogen-bond donors (Lipinski definition) is 2. The number of piperidine rings is 1. The van der Waals surface area contributed by atoms with Crippen molar-refractivity contribution in [1.82, 2.24) is 0 Å². The average Bonchev–Trinajstić information content (AvgIpc) is 2.60. The third-order valence-electron chi connectivity index (χ3n) is 5.00. The predicted molar refractivity (Wildman–Crippen MR) is 102 cm³/mol. The minimum atomic E-state index is -0.508. The molecule has 0 bridgehead atoms. The van der Waals surface area contributed by atoms with Crippen LogP contribution in [0.3, 0.4) is 0 Å². The van der Waals surface area contributed by atoms with E-state index in [-0.39, 0.29) is 17.3 Å². The maximum Gasteiger partial charge on any atom is 0.309 e. The van der Waals surface area contributed by atoms with Gasteiger partial charge in [-0.25, -0.2) is 0 Å². The highest BCUT2D eigenvalue weighted by molar-refractivity contribution is 5.72. The molecule has 5 nitrogen and oxygen atoms in total. The van der Waals surface area contributed by atoms with E-state index in [1.165, 1.54) is 10.5 Å². The molecule has 0 saturated carbocycles. The molecule has 1 aromatic rings. The smallest absolute Gasteiger partial charge is 0.309 e. The topological polar surface area (TPSA) is 60.2 Å². The molecule has 1 saturated heterocycles. The van der Waals surface area contributed by atoms with Crippen molar-refractivity contribution in [2.45, 2.75) is 52.1 Å². The highest BCUT2D eigenvalue weighted by Crippen LogP contribution is 2.24. The summed E-state index contributed by atoms with van der Waals surface area (Å²) in [6.45, 7) is 11.5. The summed E-state index contributed by atoms with van der Waals surface area (Å²) in [6, 6.07) is 8.08. The van der Waals surface area contributed by atoms with Crippen LogP contribution in [0.2, 0.25) is 0 Å². The van der Waals surface area contributed by atoms with E-state index < -0.39 is 6.10 Å². The summed E-state index contributed by atoms with van der Waals surface area (Å²) in [5.74, 6) is 0.732. The average molecular weight is 365 g/mol. The van der Waals surface area contributed by atoms with Crippen LogP contribution in [0.25, 0.3) is 0 Å². The van der Waals surface area contributed by atoms with Gasteiger partial charge in [-0.05, 0) is 30.0 Å². The number of carbonyl (C=O) groups is 1. The summed E-state index contributed by atoms with van der Waals surface area (Å²) in [5, 5.41) is 10.3. The Labute approximate surface area is 157 Å². The fourth-order valence-corrected chi connectivity index (χ4v) is 3.36. The third-order valence-corrected chi connectivity index (χ3v) is 5.00. The summed E-state index contributed by atoms with van der Waals surface area (Å²) < 4.78 is 10.8. The first-order valence-corrected chi connectivity index (χ1v) is 9.71. The number of likely N-dealkylation sites (tertiary alicyclic amines) is 1. The van der Waals surface area contributed by atoms with Gasteiger partial charge in [0, 0.05) is 12.8 Å². The molecule has 1 aliphatic rings. The Balaban J connectivity index is 1.71. The Morgan fingerprint density at radius 2 is 1.85 bits per heavy atom. The van der Waals surface area contributed by atoms with Crippen molar-refractivity contribution in [2.24, 2.45) is 5.92 Å². The van der Waals surface area contributed by atoms with Crippen molar-refractivity contribution in [3.05, 3.63) is 29.8 Å². The van der Waals surface area contributed by atoms with Crippen molar-refractivity contribution in [3.63, 3.8) is 0 Å². The van der Waals surface area contributed by atoms with E-state index >= 15 is 0 Å². The number of aliphatic hydroxyl groups excluding tert-OH is 1. The Morgan fingerprint density at radius 3 is 2.38 bits per heavy atom. The first-order chi connectivity index (χ1) is 12.3. The minimum Gasteiger partial charge on any atom is -0.491 e. The van der Waals surface area contributed by atoms with Crippen molar-refractivity contribution in [3.8, 4) is 5.75 Å². The zero-order chi connectivity index (χ0) is 19.2. The first-order valence-electron chi connectivity index (χ1n) is 9.71. The molecule has 5 heteroatoms. The maximum atomic E-state index is 11.8. The van der Waals surface area contributed by atoms with Crippen LogP contribution < -0.4 is 9.64 Å². The third kappa shape index (κ3) is 6.29. The molecular formula is C21H34NO4+. The number of hydrogen-bond acceptors (Lipinski definition) is 4. The molecule has 0 radical (unpaired) electrons. The largest absolute Gasteiger partial charge is 0.491 e. The van der Waals surface area contributed by atoms with E-state index in [4.69, 9.17) is 9.47 Å². The number of carbonyl (C=O) groups excluding carboxylic acids is 1. The Bertz CT molecular complexity index is 556. The minimum absolute atomic E-state index is 0.0217. The Morgan fingerprint density at radius 1 is 1.23 bits per heavy atom. The monoisotopic (exact) mass is 364 g/mol. The lowest BCUT2D eigenvalue weighted by molar-refractivity contribution is -0.908. The Kier molecular flexibility index (Phi) is 7.47. The number of ether oxygens (including phenoxy) is 2. The molecule has 1 fully saturated rings. The van der Waals surface area contributed by atoms with Gasteiger partial charge in [0.15, 0.2) is 0 Å². The number of quaternary nitrogens is 1. The van der Waals surface area contributed by atoms with Gasteiger partial charge in [-0.2, -0.15) is 0 Å². The first kappa shape index (κ1) is 20.7. The Hall–Kier alpha value is -1.59. The van der Waals surface area contributed by atoms with Crippen molar-refractivity contribution in [1.29, 1.82) is 0 Å². The SMILES string of the molecule is CCOC(=O)C1CC[NH+](C[C@@H](O)COc2ccc(C(C)(C)C)cc2)CC1. The number of rotatable bonds is 7. The second-order valence-corrected chi connectivity index (χ2v) is 8.22. The summed E-state index contributed by atoms with van der Waals surface area (Å²) in [7, 11) is 0. The van der Waals surface area contributed by atoms with E-state index in [0.717, 1.165) is 31.7 Å². The van der Waals surface area contributed by atoms with Crippen LogP contribution in [0, 0.1) is 5.92 Å². The molecule has 1 atom stereocenters. The van der Waals surface area contributed by atoms with E-state index in [9.17, 15) is 9.90 Å². The van der Waals surface area contributed by atoms with Gasteiger partial charge in [-0.1, -0.05) is 32.9 Å². The fourth-order valence-electron chi connectivity index (χ4n) is 3.36. The van der Waals surface area contributed by atoms with Gasteiger partial charge in [0.05, 0.1) is 25.6 Å². The lowest BCUT2D eigenvalue weighted by Gasteiger charge is -2.29.